The van der Waals surface area contributed by atoms with Gasteiger partial charge >= 0.3 is 5.69 Å². The van der Waals surface area contributed by atoms with Crippen molar-refractivity contribution in [3.8, 4) is 0 Å². The van der Waals surface area contributed by atoms with Gasteiger partial charge in [-0.25, -0.2) is 4.79 Å². The molecule has 1 atom stereocenters. The Morgan fingerprint density at radius 3 is 2.94 bits per heavy atom. The van der Waals surface area contributed by atoms with E-state index in [0.29, 0.717) is 15.9 Å². The van der Waals surface area contributed by atoms with Crippen molar-refractivity contribution in [3.05, 3.63) is 44.1 Å². The van der Waals surface area contributed by atoms with Crippen molar-refractivity contribution in [2.45, 2.75) is 12.5 Å². The summed E-state index contributed by atoms with van der Waals surface area (Å²) in [5, 5.41) is 0.970. The molecule has 2 aromatic rings. The van der Waals surface area contributed by atoms with E-state index >= 15 is 0 Å². The van der Waals surface area contributed by atoms with Gasteiger partial charge in [0.25, 0.3) is 5.56 Å². The smallest absolute Gasteiger partial charge is 0.307 e. The number of benzene rings is 1. The van der Waals surface area contributed by atoms with E-state index in [4.69, 9.17) is 11.6 Å². The van der Waals surface area contributed by atoms with Crippen molar-refractivity contribution in [1.82, 2.24) is 9.55 Å². The van der Waals surface area contributed by atoms with Crippen LogP contribution in [0.5, 0.6) is 0 Å². The fourth-order valence-corrected chi connectivity index (χ4v) is 3.62. The van der Waals surface area contributed by atoms with E-state index in [1.54, 1.807) is 30.0 Å². The van der Waals surface area contributed by atoms with Crippen LogP contribution in [0.4, 0.5) is 0 Å². The Hall–Kier alpha value is -1.20. The molecule has 6 heteroatoms. The first-order valence-corrected chi connectivity index (χ1v) is 7.22. The van der Waals surface area contributed by atoms with Gasteiger partial charge in [-0.2, -0.15) is 11.8 Å². The first kappa shape index (κ1) is 11.9. The maximum Gasteiger partial charge on any atom is 0.329 e. The molecule has 1 saturated heterocycles. The summed E-state index contributed by atoms with van der Waals surface area (Å²) in [5.41, 5.74) is -0.0395. The minimum absolute atomic E-state index is 0.00497. The molecule has 1 aliphatic rings. The van der Waals surface area contributed by atoms with Gasteiger partial charge < -0.3 is 4.98 Å². The third-order valence-corrected chi connectivity index (χ3v) is 4.54. The second-order valence-electron chi connectivity index (χ2n) is 4.31. The van der Waals surface area contributed by atoms with Gasteiger partial charge in [-0.05, 0) is 30.4 Å². The molecular formula is C12H11ClN2O2S. The number of hydrogen-bond acceptors (Lipinski definition) is 3. The maximum absolute atomic E-state index is 12.4. The van der Waals surface area contributed by atoms with Crippen LogP contribution < -0.4 is 11.2 Å². The highest BCUT2D eigenvalue weighted by molar-refractivity contribution is 7.99. The standard InChI is InChI=1S/C12H11ClN2O2S/c13-7-1-2-10-9(5-7)11(16)15(12(17)14-10)8-3-4-18-6-8/h1-2,5,8H,3-4,6H2,(H,14,17). The van der Waals surface area contributed by atoms with Crippen LogP contribution in [0.3, 0.4) is 0 Å². The van der Waals surface area contributed by atoms with E-state index in [1.807, 2.05) is 0 Å². The minimum atomic E-state index is -0.331. The van der Waals surface area contributed by atoms with Crippen molar-refractivity contribution in [1.29, 1.82) is 0 Å². The fraction of sp³-hybridized carbons (Fsp3) is 0.333. The highest BCUT2D eigenvalue weighted by Crippen LogP contribution is 2.26. The molecular weight excluding hydrogens is 272 g/mol. The van der Waals surface area contributed by atoms with Crippen molar-refractivity contribution in [2.75, 3.05) is 11.5 Å². The molecule has 1 aromatic heterocycles. The SMILES string of the molecule is O=c1[nH]c2ccc(Cl)cc2c(=O)n1C1CCSC1. The number of aromatic amines is 1. The molecule has 2 heterocycles. The molecule has 3 rings (SSSR count). The number of aromatic nitrogens is 2. The van der Waals surface area contributed by atoms with Gasteiger partial charge in [-0.3, -0.25) is 9.36 Å². The van der Waals surface area contributed by atoms with Gasteiger partial charge in [-0.15, -0.1) is 0 Å². The molecule has 1 fully saturated rings. The second kappa shape index (κ2) is 4.48. The zero-order chi connectivity index (χ0) is 12.7. The molecule has 0 aliphatic carbocycles. The monoisotopic (exact) mass is 282 g/mol. The van der Waals surface area contributed by atoms with Gasteiger partial charge in [0.2, 0.25) is 0 Å². The molecule has 1 unspecified atom stereocenters. The normalized spacial score (nSPS) is 19.5. The van der Waals surface area contributed by atoms with E-state index in [9.17, 15) is 9.59 Å². The van der Waals surface area contributed by atoms with Crippen molar-refractivity contribution < 1.29 is 0 Å². The lowest BCUT2D eigenvalue weighted by Gasteiger charge is -2.12. The highest BCUT2D eigenvalue weighted by Gasteiger charge is 2.21. The quantitative estimate of drug-likeness (QED) is 0.871. The fourth-order valence-electron chi connectivity index (χ4n) is 2.26. The van der Waals surface area contributed by atoms with Crippen LogP contribution in [0, 0.1) is 0 Å². The lowest BCUT2D eigenvalue weighted by atomic mass is 10.2. The zero-order valence-electron chi connectivity index (χ0n) is 9.48. The van der Waals surface area contributed by atoms with Crippen LogP contribution >= 0.6 is 23.4 Å². The van der Waals surface area contributed by atoms with Crippen molar-refractivity contribution in [3.63, 3.8) is 0 Å². The summed E-state index contributed by atoms with van der Waals surface area (Å²) in [4.78, 5) is 27.1. The van der Waals surface area contributed by atoms with Gasteiger partial charge in [0.1, 0.15) is 0 Å². The summed E-state index contributed by atoms with van der Waals surface area (Å²) in [7, 11) is 0. The van der Waals surface area contributed by atoms with E-state index in [2.05, 4.69) is 4.98 Å². The molecule has 0 amide bonds. The number of rotatable bonds is 1. The molecule has 1 aliphatic heterocycles. The second-order valence-corrected chi connectivity index (χ2v) is 5.90. The first-order valence-electron chi connectivity index (χ1n) is 5.68. The van der Waals surface area contributed by atoms with Crippen LogP contribution in [0.15, 0.2) is 27.8 Å². The summed E-state index contributed by atoms with van der Waals surface area (Å²) < 4.78 is 1.33. The lowest BCUT2D eigenvalue weighted by Crippen LogP contribution is -2.38. The van der Waals surface area contributed by atoms with Crippen molar-refractivity contribution >= 4 is 34.3 Å². The van der Waals surface area contributed by atoms with Crippen LogP contribution in [0.2, 0.25) is 5.02 Å². The van der Waals surface area contributed by atoms with E-state index < -0.39 is 0 Å². The Bertz CT molecular complexity index is 716. The molecule has 0 bridgehead atoms. The molecule has 0 radical (unpaired) electrons. The number of fused-ring (bicyclic) bond motifs is 1. The van der Waals surface area contributed by atoms with Gasteiger partial charge in [0.15, 0.2) is 0 Å². The van der Waals surface area contributed by atoms with E-state index in [1.165, 1.54) is 4.57 Å². The van der Waals surface area contributed by atoms with Gasteiger partial charge in [0.05, 0.1) is 16.9 Å². The number of nitrogens with zero attached hydrogens (tertiary/aromatic N) is 1. The number of H-pyrrole nitrogens is 1. The summed E-state index contributed by atoms with van der Waals surface area (Å²) >= 11 is 7.66. The lowest BCUT2D eigenvalue weighted by molar-refractivity contribution is 0.519. The first-order chi connectivity index (χ1) is 8.66. The Kier molecular flexibility index (Phi) is 2.95. The van der Waals surface area contributed by atoms with Gasteiger partial charge in [-0.1, -0.05) is 11.6 Å². The average Bonchev–Trinajstić information content (AvgIpc) is 2.84. The molecule has 1 aromatic carbocycles. The maximum atomic E-state index is 12.4. The number of nitrogens with one attached hydrogen (secondary N) is 1. The highest BCUT2D eigenvalue weighted by atomic mass is 35.5. The van der Waals surface area contributed by atoms with Crippen LogP contribution in [0.25, 0.3) is 10.9 Å². The van der Waals surface area contributed by atoms with Crippen LogP contribution in [0.1, 0.15) is 12.5 Å². The van der Waals surface area contributed by atoms with Crippen LogP contribution in [-0.4, -0.2) is 21.1 Å². The third kappa shape index (κ3) is 1.87. The minimum Gasteiger partial charge on any atom is -0.307 e. The Labute approximate surface area is 112 Å². The summed E-state index contributed by atoms with van der Waals surface area (Å²) in [6.07, 6.45) is 0.861. The predicted molar refractivity (Wildman–Crippen MR) is 74.8 cm³/mol. The van der Waals surface area contributed by atoms with Crippen LogP contribution in [-0.2, 0) is 0 Å². The zero-order valence-corrected chi connectivity index (χ0v) is 11.1. The van der Waals surface area contributed by atoms with Crippen molar-refractivity contribution in [2.24, 2.45) is 0 Å². The molecule has 0 spiro atoms. The Balaban J connectivity index is 2.32. The molecule has 18 heavy (non-hydrogen) atoms. The molecule has 1 N–H and O–H groups in total. The summed E-state index contributed by atoms with van der Waals surface area (Å²) in [5.74, 6) is 1.80. The largest absolute Gasteiger partial charge is 0.329 e. The van der Waals surface area contributed by atoms with Gasteiger partial charge in [0, 0.05) is 10.8 Å². The van der Waals surface area contributed by atoms with E-state index in [0.717, 1.165) is 17.9 Å². The summed E-state index contributed by atoms with van der Waals surface area (Å²) in [6, 6.07) is 4.92. The average molecular weight is 283 g/mol. The number of halogens is 1. The number of hydrogen-bond donors (Lipinski definition) is 1. The topological polar surface area (TPSA) is 54.9 Å². The molecule has 94 valence electrons. The third-order valence-electron chi connectivity index (χ3n) is 3.16. The molecule has 4 nitrogen and oxygen atoms in total. The Morgan fingerprint density at radius 1 is 1.39 bits per heavy atom. The Morgan fingerprint density at radius 2 is 2.22 bits per heavy atom. The van der Waals surface area contributed by atoms with E-state index in [-0.39, 0.29) is 17.3 Å². The number of thioether (sulfide) groups is 1. The predicted octanol–water partition coefficient (Wildman–Crippen LogP) is 2.02. The summed E-state index contributed by atoms with van der Waals surface area (Å²) in [6.45, 7) is 0. The molecule has 0 saturated carbocycles.